The van der Waals surface area contributed by atoms with Crippen LogP contribution in [-0.2, 0) is 4.74 Å². The van der Waals surface area contributed by atoms with Gasteiger partial charge in [-0.1, -0.05) is 0 Å². The van der Waals surface area contributed by atoms with Gasteiger partial charge < -0.3 is 14.2 Å². The zero-order chi connectivity index (χ0) is 14.6. The third-order valence-electron chi connectivity index (χ3n) is 2.06. The number of esters is 1. The van der Waals surface area contributed by atoms with Crippen LogP contribution in [0.5, 0.6) is 11.5 Å². The van der Waals surface area contributed by atoms with Crippen molar-refractivity contribution in [3.05, 3.63) is 23.3 Å². The van der Waals surface area contributed by atoms with Crippen LogP contribution in [-0.4, -0.2) is 26.6 Å². The molecule has 0 radical (unpaired) electrons. The summed E-state index contributed by atoms with van der Waals surface area (Å²) < 4.78 is 49.8. The number of benzene rings is 1. The quantitative estimate of drug-likeness (QED) is 0.791. The Hall–Kier alpha value is -2.43. The molecule has 1 aromatic carbocycles. The van der Waals surface area contributed by atoms with Crippen molar-refractivity contribution in [2.24, 2.45) is 0 Å². The number of rotatable bonds is 3. The van der Waals surface area contributed by atoms with E-state index in [1.807, 2.05) is 0 Å². The number of carbonyl (C=O) groups excluding carboxylic acids is 1. The van der Waals surface area contributed by atoms with Gasteiger partial charge in [-0.15, -0.1) is 13.2 Å². The summed E-state index contributed by atoms with van der Waals surface area (Å²) in [4.78, 5) is 11.4. The highest BCUT2D eigenvalue weighted by Crippen LogP contribution is 2.38. The Morgan fingerprint density at radius 3 is 2.32 bits per heavy atom. The summed E-state index contributed by atoms with van der Waals surface area (Å²) in [7, 11) is 2.06. The Bertz CT molecular complexity index is 534. The molecule has 0 aliphatic rings. The van der Waals surface area contributed by atoms with Crippen LogP contribution in [0.4, 0.5) is 13.2 Å². The van der Waals surface area contributed by atoms with E-state index in [4.69, 9.17) is 10.00 Å². The fraction of sp³-hybridized carbons (Fsp3) is 0.273. The molecule has 0 fully saturated rings. The average Bonchev–Trinajstić information content (AvgIpc) is 2.35. The molecule has 0 aliphatic carbocycles. The molecule has 1 aromatic rings. The summed E-state index contributed by atoms with van der Waals surface area (Å²) >= 11 is 0. The van der Waals surface area contributed by atoms with Crippen LogP contribution in [0.2, 0.25) is 0 Å². The second kappa shape index (κ2) is 5.48. The number of methoxy groups -OCH3 is 2. The Morgan fingerprint density at radius 1 is 1.26 bits per heavy atom. The summed E-state index contributed by atoms with van der Waals surface area (Å²) in [5.74, 6) is -2.43. The van der Waals surface area contributed by atoms with E-state index in [0.29, 0.717) is 0 Å². The predicted octanol–water partition coefficient (Wildman–Crippen LogP) is 2.25. The van der Waals surface area contributed by atoms with E-state index >= 15 is 0 Å². The lowest BCUT2D eigenvalue weighted by Crippen LogP contribution is -2.20. The van der Waals surface area contributed by atoms with Gasteiger partial charge in [0.05, 0.1) is 19.8 Å². The molecule has 0 N–H and O–H groups in total. The molecule has 5 nitrogen and oxygen atoms in total. The van der Waals surface area contributed by atoms with Gasteiger partial charge in [0.15, 0.2) is 11.5 Å². The van der Waals surface area contributed by atoms with E-state index in [1.165, 1.54) is 0 Å². The van der Waals surface area contributed by atoms with E-state index in [2.05, 4.69) is 9.47 Å². The number of nitrogens with zero attached hydrogens (tertiary/aromatic N) is 1. The normalized spacial score (nSPS) is 10.5. The molecule has 8 heteroatoms. The molecular weight excluding hydrogens is 267 g/mol. The van der Waals surface area contributed by atoms with Crippen molar-refractivity contribution < 1.29 is 32.2 Å². The van der Waals surface area contributed by atoms with E-state index in [9.17, 15) is 18.0 Å². The van der Waals surface area contributed by atoms with Gasteiger partial charge in [-0.2, -0.15) is 5.26 Å². The van der Waals surface area contributed by atoms with Crippen molar-refractivity contribution in [1.29, 1.82) is 5.26 Å². The van der Waals surface area contributed by atoms with E-state index < -0.39 is 29.4 Å². The highest BCUT2D eigenvalue weighted by Gasteiger charge is 2.35. The molecular formula is C11H8F3NO4. The van der Waals surface area contributed by atoms with Gasteiger partial charge in [-0.25, -0.2) is 4.79 Å². The summed E-state index contributed by atoms with van der Waals surface area (Å²) in [5, 5.41) is 8.78. The van der Waals surface area contributed by atoms with Crippen molar-refractivity contribution in [2.45, 2.75) is 6.36 Å². The van der Waals surface area contributed by atoms with Crippen LogP contribution in [0.3, 0.4) is 0 Å². The average molecular weight is 275 g/mol. The maximum atomic E-state index is 12.3. The summed E-state index contributed by atoms with van der Waals surface area (Å²) in [5.41, 5.74) is -0.690. The Labute approximate surface area is 106 Å². The van der Waals surface area contributed by atoms with Crippen molar-refractivity contribution >= 4 is 5.97 Å². The molecule has 0 amide bonds. The summed E-state index contributed by atoms with van der Waals surface area (Å²) in [6.45, 7) is 0. The molecule has 102 valence electrons. The maximum absolute atomic E-state index is 12.3. The Balaban J connectivity index is 3.49. The van der Waals surface area contributed by atoms with Gasteiger partial charge in [0.25, 0.3) is 0 Å². The Kier molecular flexibility index (Phi) is 4.22. The number of ether oxygens (including phenoxy) is 3. The first-order chi connectivity index (χ1) is 8.84. The SMILES string of the molecule is COC(=O)c1ccc(C#N)c(OC)c1OC(F)(F)F. The maximum Gasteiger partial charge on any atom is 0.573 e. The minimum atomic E-state index is -5.04. The molecule has 0 heterocycles. The van der Waals surface area contributed by atoms with Gasteiger partial charge in [-0.3, -0.25) is 0 Å². The van der Waals surface area contributed by atoms with Gasteiger partial charge in [-0.05, 0) is 12.1 Å². The first-order valence-electron chi connectivity index (χ1n) is 4.79. The van der Waals surface area contributed by atoms with E-state index in [-0.39, 0.29) is 5.56 Å². The number of alkyl halides is 3. The van der Waals surface area contributed by atoms with Gasteiger partial charge in [0, 0.05) is 0 Å². The number of hydrogen-bond acceptors (Lipinski definition) is 5. The number of carbonyl (C=O) groups is 1. The second-order valence-electron chi connectivity index (χ2n) is 3.17. The molecule has 1 rings (SSSR count). The topological polar surface area (TPSA) is 68.6 Å². The number of halogens is 3. The van der Waals surface area contributed by atoms with Crippen LogP contribution in [0.25, 0.3) is 0 Å². The molecule has 0 unspecified atom stereocenters. The fourth-order valence-corrected chi connectivity index (χ4v) is 1.34. The number of hydrogen-bond donors (Lipinski definition) is 0. The molecule has 0 aliphatic heterocycles. The standard InChI is InChI=1S/C11H8F3NO4/c1-17-8-6(5-15)3-4-7(10(16)18-2)9(8)19-11(12,13)14/h3-4H,1-2H3. The summed E-state index contributed by atoms with van der Waals surface area (Å²) in [6, 6.07) is 3.76. The van der Waals surface area contributed by atoms with Crippen molar-refractivity contribution in [3.63, 3.8) is 0 Å². The monoisotopic (exact) mass is 275 g/mol. The van der Waals surface area contributed by atoms with Gasteiger partial charge in [0.1, 0.15) is 11.6 Å². The zero-order valence-corrected chi connectivity index (χ0v) is 9.87. The Morgan fingerprint density at radius 2 is 1.89 bits per heavy atom. The third kappa shape index (κ3) is 3.28. The van der Waals surface area contributed by atoms with Crippen molar-refractivity contribution in [2.75, 3.05) is 14.2 Å². The van der Waals surface area contributed by atoms with Crippen LogP contribution < -0.4 is 9.47 Å². The first kappa shape index (κ1) is 14.6. The van der Waals surface area contributed by atoms with Crippen LogP contribution in [0.1, 0.15) is 15.9 Å². The van der Waals surface area contributed by atoms with Crippen LogP contribution in [0.15, 0.2) is 12.1 Å². The lowest BCUT2D eigenvalue weighted by Gasteiger charge is -2.16. The van der Waals surface area contributed by atoms with Crippen LogP contribution >= 0.6 is 0 Å². The minimum Gasteiger partial charge on any atom is -0.492 e. The lowest BCUT2D eigenvalue weighted by atomic mass is 10.1. The number of nitriles is 1. The largest absolute Gasteiger partial charge is 0.573 e. The van der Waals surface area contributed by atoms with Gasteiger partial charge >= 0.3 is 12.3 Å². The molecule has 0 bridgehead atoms. The molecule has 0 spiro atoms. The predicted molar refractivity (Wildman–Crippen MR) is 55.7 cm³/mol. The molecule has 0 atom stereocenters. The minimum absolute atomic E-state index is 0.200. The van der Waals surface area contributed by atoms with Crippen molar-refractivity contribution in [1.82, 2.24) is 0 Å². The third-order valence-corrected chi connectivity index (χ3v) is 2.06. The van der Waals surface area contributed by atoms with Crippen molar-refractivity contribution in [3.8, 4) is 17.6 Å². The highest BCUT2D eigenvalue weighted by molar-refractivity contribution is 5.94. The van der Waals surface area contributed by atoms with Crippen LogP contribution in [0, 0.1) is 11.3 Å². The molecule has 0 aromatic heterocycles. The molecule has 19 heavy (non-hydrogen) atoms. The summed E-state index contributed by atoms with van der Waals surface area (Å²) in [6.07, 6.45) is -5.04. The molecule has 0 saturated heterocycles. The molecule has 0 saturated carbocycles. The van der Waals surface area contributed by atoms with E-state index in [0.717, 1.165) is 26.4 Å². The van der Waals surface area contributed by atoms with Gasteiger partial charge in [0.2, 0.25) is 0 Å². The fourth-order valence-electron chi connectivity index (χ4n) is 1.34. The zero-order valence-electron chi connectivity index (χ0n) is 9.87. The first-order valence-corrected chi connectivity index (χ1v) is 4.79. The van der Waals surface area contributed by atoms with E-state index in [1.54, 1.807) is 6.07 Å². The second-order valence-corrected chi connectivity index (χ2v) is 3.17. The highest BCUT2D eigenvalue weighted by atomic mass is 19.4. The smallest absolute Gasteiger partial charge is 0.492 e. The lowest BCUT2D eigenvalue weighted by molar-refractivity contribution is -0.275.